The van der Waals surface area contributed by atoms with Crippen LogP contribution in [0.3, 0.4) is 0 Å². The van der Waals surface area contributed by atoms with Crippen molar-refractivity contribution < 1.29 is 0 Å². The van der Waals surface area contributed by atoms with Gasteiger partial charge in [-0.1, -0.05) is 13.8 Å². The molecule has 0 aliphatic carbocycles. The molecule has 0 radical (unpaired) electrons. The van der Waals surface area contributed by atoms with Crippen LogP contribution in [0.4, 0.5) is 0 Å². The van der Waals surface area contributed by atoms with Gasteiger partial charge in [0.1, 0.15) is 0 Å². The zero-order valence-electron chi connectivity index (χ0n) is 11.7. The Kier molecular flexibility index (Phi) is 3.50. The summed E-state index contributed by atoms with van der Waals surface area (Å²) in [6.07, 6.45) is 2.66. The number of hydrogen-bond acceptors (Lipinski definition) is 4. The van der Waals surface area contributed by atoms with Gasteiger partial charge in [-0.05, 0) is 19.3 Å². The molecule has 0 N–H and O–H groups in total. The Balaban J connectivity index is 2.78. The summed E-state index contributed by atoms with van der Waals surface area (Å²) in [4.78, 5) is 32.0. The standard InChI is InChI=1S/C13H18N4O2/c1-5-17-7-9(6-8(2)3)14-10-11(17)15-13(19)16(4)12(10)18/h7-8H,5-6H2,1-4H3. The van der Waals surface area contributed by atoms with Crippen LogP contribution in [-0.2, 0) is 20.0 Å². The quantitative estimate of drug-likeness (QED) is 0.814. The highest BCUT2D eigenvalue weighted by Crippen LogP contribution is 2.14. The van der Waals surface area contributed by atoms with Gasteiger partial charge in [0.05, 0.1) is 5.69 Å². The molecule has 0 atom stereocenters. The lowest BCUT2D eigenvalue weighted by Crippen LogP contribution is -2.36. The summed E-state index contributed by atoms with van der Waals surface area (Å²) in [6.45, 7) is 6.78. The maximum atomic E-state index is 12.1. The number of nitrogens with zero attached hydrogens (tertiary/aromatic N) is 4. The van der Waals surface area contributed by atoms with E-state index in [1.54, 1.807) is 0 Å². The zero-order chi connectivity index (χ0) is 14.2. The maximum Gasteiger partial charge on any atom is 0.352 e. The summed E-state index contributed by atoms with van der Waals surface area (Å²) in [7, 11) is 1.42. The van der Waals surface area contributed by atoms with E-state index in [4.69, 9.17) is 0 Å². The van der Waals surface area contributed by atoms with Crippen molar-refractivity contribution in [1.29, 1.82) is 0 Å². The minimum absolute atomic E-state index is 0.266. The first kappa shape index (κ1) is 13.5. The molecule has 6 heteroatoms. The maximum absolute atomic E-state index is 12.1. The molecule has 0 unspecified atom stereocenters. The highest BCUT2D eigenvalue weighted by molar-refractivity contribution is 5.49. The van der Waals surface area contributed by atoms with Crippen molar-refractivity contribution in [2.75, 3.05) is 0 Å². The van der Waals surface area contributed by atoms with Crippen LogP contribution in [0.15, 0.2) is 15.8 Å². The zero-order valence-corrected chi connectivity index (χ0v) is 11.7. The molecule has 0 bridgehead atoms. The highest BCUT2D eigenvalue weighted by atomic mass is 16.2. The lowest BCUT2D eigenvalue weighted by atomic mass is 10.1. The molecule has 0 saturated heterocycles. The molecule has 2 aliphatic heterocycles. The van der Waals surface area contributed by atoms with E-state index in [0.717, 1.165) is 16.7 Å². The predicted molar refractivity (Wildman–Crippen MR) is 72.4 cm³/mol. The molecular formula is C13H18N4O2. The average Bonchev–Trinajstić information content (AvgIpc) is 2.35. The van der Waals surface area contributed by atoms with E-state index in [9.17, 15) is 9.59 Å². The number of fused-ring (bicyclic) bond motifs is 1. The highest BCUT2D eigenvalue weighted by Gasteiger charge is 2.18. The van der Waals surface area contributed by atoms with Crippen LogP contribution in [0.5, 0.6) is 0 Å². The Morgan fingerprint density at radius 2 is 1.95 bits per heavy atom. The van der Waals surface area contributed by atoms with Crippen molar-refractivity contribution in [1.82, 2.24) is 19.1 Å². The van der Waals surface area contributed by atoms with Crippen molar-refractivity contribution in [3.05, 3.63) is 32.7 Å². The number of rotatable bonds is 3. The van der Waals surface area contributed by atoms with Gasteiger partial charge < -0.3 is 4.57 Å². The molecule has 2 aliphatic rings. The van der Waals surface area contributed by atoms with Crippen LogP contribution >= 0.6 is 0 Å². The Bertz CT molecular complexity index is 684. The van der Waals surface area contributed by atoms with Crippen molar-refractivity contribution in [3.63, 3.8) is 0 Å². The molecule has 0 aromatic carbocycles. The van der Waals surface area contributed by atoms with Crippen molar-refractivity contribution in [2.45, 2.75) is 33.7 Å². The summed E-state index contributed by atoms with van der Waals surface area (Å²) < 4.78 is 2.80. The van der Waals surface area contributed by atoms with E-state index in [0.29, 0.717) is 18.3 Å². The first-order valence-electron chi connectivity index (χ1n) is 6.41. The van der Waals surface area contributed by atoms with E-state index in [1.165, 1.54) is 7.05 Å². The van der Waals surface area contributed by atoms with Gasteiger partial charge in [0.15, 0.2) is 11.5 Å². The van der Waals surface area contributed by atoms with Gasteiger partial charge in [0.25, 0.3) is 5.56 Å². The molecule has 6 nitrogen and oxygen atoms in total. The molecule has 2 heterocycles. The lowest BCUT2D eigenvalue weighted by Gasteiger charge is -2.15. The molecule has 0 amide bonds. The predicted octanol–water partition coefficient (Wildman–Crippen LogP) is 0.660. The van der Waals surface area contributed by atoms with Crippen molar-refractivity contribution in [3.8, 4) is 11.5 Å². The van der Waals surface area contributed by atoms with Gasteiger partial charge in [-0.2, -0.15) is 4.98 Å². The summed E-state index contributed by atoms with van der Waals surface area (Å²) in [5, 5.41) is 0. The van der Waals surface area contributed by atoms with Gasteiger partial charge in [-0.15, -0.1) is 0 Å². The number of hydrogen-bond donors (Lipinski definition) is 0. The van der Waals surface area contributed by atoms with E-state index >= 15 is 0 Å². The van der Waals surface area contributed by atoms with E-state index in [1.807, 2.05) is 17.7 Å². The molecule has 0 aromatic heterocycles. The fourth-order valence-corrected chi connectivity index (χ4v) is 2.03. The van der Waals surface area contributed by atoms with Crippen LogP contribution in [-0.4, -0.2) is 19.1 Å². The first-order chi connectivity index (χ1) is 8.93. The van der Waals surface area contributed by atoms with Gasteiger partial charge in [0, 0.05) is 19.8 Å². The van der Waals surface area contributed by atoms with Crippen molar-refractivity contribution >= 4 is 0 Å². The minimum Gasteiger partial charge on any atom is -0.329 e. The second kappa shape index (κ2) is 4.95. The van der Waals surface area contributed by atoms with E-state index in [-0.39, 0.29) is 11.3 Å². The summed E-state index contributed by atoms with van der Waals surface area (Å²) >= 11 is 0. The first-order valence-corrected chi connectivity index (χ1v) is 6.41. The molecule has 2 rings (SSSR count). The van der Waals surface area contributed by atoms with Crippen molar-refractivity contribution in [2.24, 2.45) is 13.0 Å². The third-order valence-electron chi connectivity index (χ3n) is 3.00. The normalized spacial score (nSPS) is 11.4. The Hall–Kier alpha value is -1.98. The van der Waals surface area contributed by atoms with Gasteiger partial charge >= 0.3 is 5.69 Å². The summed E-state index contributed by atoms with van der Waals surface area (Å²) in [5.74, 6) is 0.814. The molecule has 0 saturated carbocycles. The molecule has 0 aromatic rings. The van der Waals surface area contributed by atoms with Crippen LogP contribution < -0.4 is 11.2 Å². The fourth-order valence-electron chi connectivity index (χ4n) is 2.03. The van der Waals surface area contributed by atoms with Gasteiger partial charge in [-0.3, -0.25) is 9.36 Å². The number of aromatic nitrogens is 4. The van der Waals surface area contributed by atoms with Crippen LogP contribution in [0.1, 0.15) is 26.5 Å². The average molecular weight is 262 g/mol. The topological polar surface area (TPSA) is 69.8 Å². The third-order valence-corrected chi connectivity index (χ3v) is 3.00. The summed E-state index contributed by atoms with van der Waals surface area (Å²) in [6, 6.07) is 0. The molecule has 102 valence electrons. The second-order valence-corrected chi connectivity index (χ2v) is 5.05. The third kappa shape index (κ3) is 2.43. The lowest BCUT2D eigenvalue weighted by molar-refractivity contribution is 0.615. The molecule has 19 heavy (non-hydrogen) atoms. The van der Waals surface area contributed by atoms with Crippen LogP contribution in [0, 0.1) is 5.92 Å². The fraction of sp³-hybridized carbons (Fsp3) is 0.538. The number of aryl methyl sites for hydroxylation is 1. The SMILES string of the molecule is CCn1cc(CC(C)C)nc2c(=O)n(C)c(=O)nc1-2. The van der Waals surface area contributed by atoms with E-state index in [2.05, 4.69) is 23.8 Å². The smallest absolute Gasteiger partial charge is 0.329 e. The monoisotopic (exact) mass is 262 g/mol. The molecule has 0 spiro atoms. The Morgan fingerprint density at radius 1 is 1.26 bits per heavy atom. The molecule has 0 fully saturated rings. The molecular weight excluding hydrogens is 244 g/mol. The largest absolute Gasteiger partial charge is 0.352 e. The van der Waals surface area contributed by atoms with E-state index < -0.39 is 5.69 Å². The summed E-state index contributed by atoms with van der Waals surface area (Å²) in [5.41, 5.74) is 0.185. The Labute approximate surface area is 111 Å². The second-order valence-electron chi connectivity index (χ2n) is 5.05. The van der Waals surface area contributed by atoms with Gasteiger partial charge in [-0.25, -0.2) is 9.78 Å². The minimum atomic E-state index is -0.543. The van der Waals surface area contributed by atoms with Crippen LogP contribution in [0.25, 0.3) is 11.5 Å². The van der Waals surface area contributed by atoms with Crippen LogP contribution in [0.2, 0.25) is 0 Å². The van der Waals surface area contributed by atoms with Gasteiger partial charge in [0.2, 0.25) is 0 Å². The Morgan fingerprint density at radius 3 is 2.53 bits per heavy atom.